The van der Waals surface area contributed by atoms with Crippen LogP contribution in [-0.4, -0.2) is 24.8 Å². The summed E-state index contributed by atoms with van der Waals surface area (Å²) in [6.07, 6.45) is 3.35. The summed E-state index contributed by atoms with van der Waals surface area (Å²) in [6, 6.07) is 14.6. The van der Waals surface area contributed by atoms with E-state index in [1.54, 1.807) is 24.3 Å². The topological polar surface area (TPSA) is 52.6 Å². The summed E-state index contributed by atoms with van der Waals surface area (Å²) >= 11 is 0. The maximum atomic E-state index is 13.2. The number of hydrogen-bond donors (Lipinski definition) is 0. The molecule has 2 aromatic carbocycles. The Hall–Kier alpha value is -3.40. The molecule has 140 valence electrons. The predicted molar refractivity (Wildman–Crippen MR) is 108 cm³/mol. The van der Waals surface area contributed by atoms with Crippen molar-refractivity contribution < 1.29 is 19.1 Å². The van der Waals surface area contributed by atoms with E-state index in [2.05, 4.69) is 0 Å². The minimum absolute atomic E-state index is 0.186. The van der Waals surface area contributed by atoms with Crippen molar-refractivity contribution in [2.45, 2.75) is 13.8 Å². The van der Waals surface area contributed by atoms with Gasteiger partial charge in [0.2, 0.25) is 0 Å². The summed E-state index contributed by atoms with van der Waals surface area (Å²) in [5, 5.41) is 0. The zero-order chi connectivity index (χ0) is 19.7. The first-order valence-electron chi connectivity index (χ1n) is 9.37. The minimum atomic E-state index is -0.186. The highest BCUT2D eigenvalue weighted by atomic mass is 16.5. The van der Waals surface area contributed by atoms with E-state index < -0.39 is 0 Å². The number of fused-ring (bicyclic) bond motifs is 2. The SMILES string of the molecule is CCOC1=C/C(=C2\C=C(OCC)c3ccccc3C2=O)C(=O)c2ccccc21. The summed E-state index contributed by atoms with van der Waals surface area (Å²) in [4.78, 5) is 26.4. The van der Waals surface area contributed by atoms with Gasteiger partial charge >= 0.3 is 0 Å². The van der Waals surface area contributed by atoms with Crippen LogP contribution in [0.2, 0.25) is 0 Å². The van der Waals surface area contributed by atoms with Crippen molar-refractivity contribution >= 4 is 23.1 Å². The molecule has 0 amide bonds. The van der Waals surface area contributed by atoms with E-state index >= 15 is 0 Å². The van der Waals surface area contributed by atoms with Gasteiger partial charge in [-0.3, -0.25) is 9.59 Å². The molecule has 0 spiro atoms. The number of Topliss-reactive ketones (excluding diaryl/α,β-unsaturated/α-hetero) is 2. The van der Waals surface area contributed by atoms with Crippen LogP contribution in [0.3, 0.4) is 0 Å². The summed E-state index contributed by atoms with van der Waals surface area (Å²) < 4.78 is 11.5. The van der Waals surface area contributed by atoms with Crippen LogP contribution >= 0.6 is 0 Å². The molecule has 0 aliphatic heterocycles. The van der Waals surface area contributed by atoms with Gasteiger partial charge in [0.15, 0.2) is 11.6 Å². The highest BCUT2D eigenvalue weighted by Gasteiger charge is 2.31. The van der Waals surface area contributed by atoms with Gasteiger partial charge in [0.1, 0.15) is 11.5 Å². The largest absolute Gasteiger partial charge is 0.493 e. The second kappa shape index (κ2) is 7.31. The van der Waals surface area contributed by atoms with E-state index in [1.807, 2.05) is 50.2 Å². The Morgan fingerprint density at radius 3 is 1.32 bits per heavy atom. The molecule has 0 N–H and O–H groups in total. The Bertz CT molecular complexity index is 984. The molecule has 4 nitrogen and oxygen atoms in total. The van der Waals surface area contributed by atoms with Crippen LogP contribution in [0.4, 0.5) is 0 Å². The fourth-order valence-corrected chi connectivity index (χ4v) is 3.58. The number of rotatable bonds is 4. The lowest BCUT2D eigenvalue weighted by Gasteiger charge is -2.23. The molecule has 2 aliphatic rings. The Kier molecular flexibility index (Phi) is 4.70. The number of benzene rings is 2. The Morgan fingerprint density at radius 1 is 0.607 bits per heavy atom. The van der Waals surface area contributed by atoms with Gasteiger partial charge in [-0.05, 0) is 26.0 Å². The van der Waals surface area contributed by atoms with Gasteiger partial charge in [0.25, 0.3) is 0 Å². The van der Waals surface area contributed by atoms with Gasteiger partial charge in [-0.25, -0.2) is 0 Å². The lowest BCUT2D eigenvalue weighted by atomic mass is 9.83. The quantitative estimate of drug-likeness (QED) is 0.721. The van der Waals surface area contributed by atoms with Gasteiger partial charge < -0.3 is 9.47 Å². The first-order valence-corrected chi connectivity index (χ1v) is 9.37. The van der Waals surface area contributed by atoms with Crippen LogP contribution in [-0.2, 0) is 9.47 Å². The minimum Gasteiger partial charge on any atom is -0.493 e. The molecule has 0 aromatic heterocycles. The molecular formula is C24H20O4. The highest BCUT2D eigenvalue weighted by molar-refractivity contribution is 6.25. The Balaban J connectivity index is 1.95. The van der Waals surface area contributed by atoms with Crippen LogP contribution < -0.4 is 0 Å². The average molecular weight is 372 g/mol. The van der Waals surface area contributed by atoms with E-state index in [-0.39, 0.29) is 11.6 Å². The number of carbonyl (C=O) groups is 2. The number of ether oxygens (including phenoxy) is 2. The molecule has 0 heterocycles. The van der Waals surface area contributed by atoms with Crippen molar-refractivity contribution in [3.63, 3.8) is 0 Å². The Labute approximate surface area is 163 Å². The molecular weight excluding hydrogens is 352 g/mol. The molecule has 0 unspecified atom stereocenters. The van der Waals surface area contributed by atoms with Crippen molar-refractivity contribution in [1.29, 1.82) is 0 Å². The standard InChI is InChI=1S/C24H20O4/c1-3-27-21-13-19(23(25)17-11-7-5-9-15(17)21)20-14-22(28-4-2)16-10-6-8-12-18(16)24(20)26/h5-14H,3-4H2,1-2H3/b20-19-. The maximum Gasteiger partial charge on any atom is 0.194 e. The first-order chi connectivity index (χ1) is 13.7. The predicted octanol–water partition coefficient (Wildman–Crippen LogP) is 4.83. The third-order valence-electron chi connectivity index (χ3n) is 4.80. The van der Waals surface area contributed by atoms with Gasteiger partial charge in [-0.15, -0.1) is 0 Å². The molecule has 2 aliphatic carbocycles. The molecule has 0 fully saturated rings. The van der Waals surface area contributed by atoms with Gasteiger partial charge in [-0.2, -0.15) is 0 Å². The molecule has 0 atom stereocenters. The van der Waals surface area contributed by atoms with Crippen LogP contribution in [0, 0.1) is 0 Å². The lowest BCUT2D eigenvalue weighted by molar-refractivity contribution is 0.100. The molecule has 0 radical (unpaired) electrons. The van der Waals surface area contributed by atoms with Crippen molar-refractivity contribution in [2.24, 2.45) is 0 Å². The van der Waals surface area contributed by atoms with Crippen molar-refractivity contribution in [3.8, 4) is 0 Å². The molecule has 4 rings (SSSR count). The second-order valence-corrected chi connectivity index (χ2v) is 6.46. The summed E-state index contributed by atoms with van der Waals surface area (Å²) in [6.45, 7) is 4.71. The van der Waals surface area contributed by atoms with Crippen molar-refractivity contribution in [2.75, 3.05) is 13.2 Å². The monoisotopic (exact) mass is 372 g/mol. The van der Waals surface area contributed by atoms with Crippen molar-refractivity contribution in [1.82, 2.24) is 0 Å². The van der Waals surface area contributed by atoms with Gasteiger partial charge in [0.05, 0.1) is 13.2 Å². The number of ketones is 2. The van der Waals surface area contributed by atoms with Gasteiger partial charge in [-0.1, -0.05) is 48.5 Å². The Morgan fingerprint density at radius 2 is 0.964 bits per heavy atom. The van der Waals surface area contributed by atoms with Crippen LogP contribution in [0.25, 0.3) is 11.5 Å². The fourth-order valence-electron chi connectivity index (χ4n) is 3.58. The third-order valence-corrected chi connectivity index (χ3v) is 4.80. The zero-order valence-electron chi connectivity index (χ0n) is 15.8. The smallest absolute Gasteiger partial charge is 0.194 e. The van der Waals surface area contributed by atoms with Crippen LogP contribution in [0.15, 0.2) is 71.8 Å². The first kappa shape index (κ1) is 18.0. The lowest BCUT2D eigenvalue weighted by Crippen LogP contribution is -2.19. The molecule has 4 heteroatoms. The zero-order valence-corrected chi connectivity index (χ0v) is 15.8. The summed E-state index contributed by atoms with van der Waals surface area (Å²) in [7, 11) is 0. The third kappa shape index (κ3) is 2.87. The van der Waals surface area contributed by atoms with E-state index in [0.29, 0.717) is 47.0 Å². The highest BCUT2D eigenvalue weighted by Crippen LogP contribution is 2.36. The van der Waals surface area contributed by atoms with Crippen LogP contribution in [0.1, 0.15) is 45.7 Å². The molecule has 28 heavy (non-hydrogen) atoms. The van der Waals surface area contributed by atoms with Gasteiger partial charge in [0, 0.05) is 33.4 Å². The normalized spacial score (nSPS) is 18.1. The molecule has 0 saturated carbocycles. The number of carbonyl (C=O) groups excluding carboxylic acids is 2. The van der Waals surface area contributed by atoms with Crippen LogP contribution in [0.5, 0.6) is 0 Å². The average Bonchev–Trinajstić information content (AvgIpc) is 2.73. The fraction of sp³-hybridized carbons (Fsp3) is 0.167. The van der Waals surface area contributed by atoms with E-state index in [0.717, 1.165) is 11.1 Å². The summed E-state index contributed by atoms with van der Waals surface area (Å²) in [5.74, 6) is 0.819. The van der Waals surface area contributed by atoms with E-state index in [4.69, 9.17) is 9.47 Å². The maximum absolute atomic E-state index is 13.2. The van der Waals surface area contributed by atoms with Crippen molar-refractivity contribution in [3.05, 3.63) is 94.1 Å². The molecule has 2 aromatic rings. The number of hydrogen-bond acceptors (Lipinski definition) is 4. The molecule has 0 saturated heterocycles. The van der Waals surface area contributed by atoms with E-state index in [1.165, 1.54) is 0 Å². The number of allylic oxidation sites excluding steroid dienone is 4. The summed E-state index contributed by atoms with van der Waals surface area (Å²) in [5.41, 5.74) is 3.23. The second-order valence-electron chi connectivity index (χ2n) is 6.46. The molecule has 0 bridgehead atoms. The van der Waals surface area contributed by atoms with E-state index in [9.17, 15) is 9.59 Å².